The predicted molar refractivity (Wildman–Crippen MR) is 102 cm³/mol. The molecule has 10 heteroatoms. The summed E-state index contributed by atoms with van der Waals surface area (Å²) >= 11 is 1.18. The van der Waals surface area contributed by atoms with Gasteiger partial charge in [0.05, 0.1) is 18.4 Å². The highest BCUT2D eigenvalue weighted by molar-refractivity contribution is 7.99. The molecule has 0 spiro atoms. The Morgan fingerprint density at radius 3 is 2.66 bits per heavy atom. The standard InChI is InChI=1S/C19H17F3N4O2S/c1-28-16-7-5-15(6-8-16)26-12-24-25-18(26)29-11-17(27)23-10-13-3-2-4-14(9-13)19(20,21)22/h2-9,12H,10-11H2,1H3,(H,23,27). The number of hydrogen-bond acceptors (Lipinski definition) is 5. The molecule has 0 saturated heterocycles. The van der Waals surface area contributed by atoms with E-state index in [1.807, 2.05) is 12.1 Å². The van der Waals surface area contributed by atoms with E-state index in [2.05, 4.69) is 15.5 Å². The maximum Gasteiger partial charge on any atom is 0.416 e. The zero-order chi connectivity index (χ0) is 20.9. The number of carbonyl (C=O) groups is 1. The Labute approximate surface area is 169 Å². The quantitative estimate of drug-likeness (QED) is 0.588. The highest BCUT2D eigenvalue weighted by Gasteiger charge is 2.30. The van der Waals surface area contributed by atoms with Crippen LogP contribution in [0, 0.1) is 0 Å². The molecule has 3 rings (SSSR count). The van der Waals surface area contributed by atoms with Crippen molar-refractivity contribution in [3.8, 4) is 11.4 Å². The van der Waals surface area contributed by atoms with E-state index in [-0.39, 0.29) is 18.2 Å². The smallest absolute Gasteiger partial charge is 0.416 e. The molecule has 0 unspecified atom stereocenters. The Morgan fingerprint density at radius 2 is 1.97 bits per heavy atom. The van der Waals surface area contributed by atoms with Crippen molar-refractivity contribution in [3.05, 3.63) is 66.0 Å². The molecule has 2 aromatic carbocycles. The number of nitrogens with one attached hydrogen (secondary N) is 1. The number of carbonyl (C=O) groups excluding carboxylic acids is 1. The molecule has 0 fully saturated rings. The van der Waals surface area contributed by atoms with E-state index in [1.54, 1.807) is 23.8 Å². The first-order valence-electron chi connectivity index (χ1n) is 8.47. The van der Waals surface area contributed by atoms with Crippen LogP contribution in [0.3, 0.4) is 0 Å². The second-order valence-electron chi connectivity index (χ2n) is 5.95. The van der Waals surface area contributed by atoms with Crippen LogP contribution in [0.5, 0.6) is 5.75 Å². The number of halogens is 3. The van der Waals surface area contributed by atoms with Gasteiger partial charge in [0.1, 0.15) is 12.1 Å². The lowest BCUT2D eigenvalue weighted by molar-refractivity contribution is -0.137. The normalized spacial score (nSPS) is 11.3. The van der Waals surface area contributed by atoms with Crippen LogP contribution in [0.1, 0.15) is 11.1 Å². The van der Waals surface area contributed by atoms with Gasteiger partial charge in [0.2, 0.25) is 5.91 Å². The highest BCUT2D eigenvalue weighted by Crippen LogP contribution is 2.29. The van der Waals surface area contributed by atoms with Crippen molar-refractivity contribution in [1.82, 2.24) is 20.1 Å². The number of amides is 1. The van der Waals surface area contributed by atoms with Gasteiger partial charge in [-0.2, -0.15) is 13.2 Å². The summed E-state index contributed by atoms with van der Waals surface area (Å²) < 4.78 is 45.1. The van der Waals surface area contributed by atoms with Crippen LogP contribution < -0.4 is 10.1 Å². The lowest BCUT2D eigenvalue weighted by Gasteiger charge is -2.10. The average Bonchev–Trinajstić information content (AvgIpc) is 3.19. The Balaban J connectivity index is 1.56. The number of benzene rings is 2. The van der Waals surface area contributed by atoms with Gasteiger partial charge < -0.3 is 10.1 Å². The Bertz CT molecular complexity index is 974. The molecule has 0 aliphatic carbocycles. The van der Waals surface area contributed by atoms with E-state index < -0.39 is 11.7 Å². The van der Waals surface area contributed by atoms with Gasteiger partial charge in [0, 0.05) is 12.2 Å². The third-order valence-corrected chi connectivity index (χ3v) is 4.89. The minimum Gasteiger partial charge on any atom is -0.497 e. The van der Waals surface area contributed by atoms with Crippen molar-refractivity contribution in [2.75, 3.05) is 12.9 Å². The molecule has 0 atom stereocenters. The first kappa shape index (κ1) is 20.7. The fourth-order valence-electron chi connectivity index (χ4n) is 2.48. The number of hydrogen-bond donors (Lipinski definition) is 1. The van der Waals surface area contributed by atoms with Crippen LogP contribution in [0.15, 0.2) is 60.0 Å². The van der Waals surface area contributed by atoms with Crippen molar-refractivity contribution in [3.63, 3.8) is 0 Å². The van der Waals surface area contributed by atoms with Crippen LogP contribution in [-0.2, 0) is 17.5 Å². The number of alkyl halides is 3. The molecule has 29 heavy (non-hydrogen) atoms. The second-order valence-corrected chi connectivity index (χ2v) is 6.89. The minimum absolute atomic E-state index is 0.00842. The second kappa shape index (κ2) is 8.99. The Morgan fingerprint density at radius 1 is 1.21 bits per heavy atom. The van der Waals surface area contributed by atoms with E-state index in [4.69, 9.17) is 4.74 Å². The van der Waals surface area contributed by atoms with Crippen LogP contribution in [0.2, 0.25) is 0 Å². The number of ether oxygens (including phenoxy) is 1. The van der Waals surface area contributed by atoms with Gasteiger partial charge in [0.25, 0.3) is 0 Å². The Hall–Kier alpha value is -3.01. The third-order valence-electron chi connectivity index (χ3n) is 3.94. The van der Waals surface area contributed by atoms with Crippen molar-refractivity contribution >= 4 is 17.7 Å². The van der Waals surface area contributed by atoms with Gasteiger partial charge in [0.15, 0.2) is 5.16 Å². The monoisotopic (exact) mass is 422 g/mol. The molecule has 152 valence electrons. The molecule has 3 aromatic rings. The molecular formula is C19H17F3N4O2S. The summed E-state index contributed by atoms with van der Waals surface area (Å²) in [6.07, 6.45) is -2.88. The topological polar surface area (TPSA) is 69.0 Å². The van der Waals surface area contributed by atoms with E-state index in [0.717, 1.165) is 17.8 Å². The summed E-state index contributed by atoms with van der Waals surface area (Å²) in [6.45, 7) is 0.00842. The summed E-state index contributed by atoms with van der Waals surface area (Å²) in [5, 5.41) is 11.0. The van der Waals surface area contributed by atoms with Crippen LogP contribution in [0.4, 0.5) is 13.2 Å². The molecule has 1 N–H and O–H groups in total. The lowest BCUT2D eigenvalue weighted by atomic mass is 10.1. The molecule has 6 nitrogen and oxygen atoms in total. The fraction of sp³-hybridized carbons (Fsp3) is 0.211. The number of nitrogens with zero attached hydrogens (tertiary/aromatic N) is 3. The van der Waals surface area contributed by atoms with Gasteiger partial charge >= 0.3 is 6.18 Å². The largest absolute Gasteiger partial charge is 0.497 e. The average molecular weight is 422 g/mol. The summed E-state index contributed by atoms with van der Waals surface area (Å²) in [5.41, 5.74) is 0.438. The van der Waals surface area contributed by atoms with Crippen LogP contribution >= 0.6 is 11.8 Å². The first-order valence-corrected chi connectivity index (χ1v) is 9.45. The van der Waals surface area contributed by atoms with Crippen molar-refractivity contribution in [2.45, 2.75) is 17.9 Å². The maximum absolute atomic E-state index is 12.8. The molecule has 0 radical (unpaired) electrons. The molecule has 0 aliphatic rings. The van der Waals surface area contributed by atoms with Crippen molar-refractivity contribution < 1.29 is 22.7 Å². The van der Waals surface area contributed by atoms with E-state index in [9.17, 15) is 18.0 Å². The molecule has 0 aliphatic heterocycles. The summed E-state index contributed by atoms with van der Waals surface area (Å²) in [4.78, 5) is 12.1. The van der Waals surface area contributed by atoms with Gasteiger partial charge in [-0.15, -0.1) is 10.2 Å². The maximum atomic E-state index is 12.8. The van der Waals surface area contributed by atoms with E-state index >= 15 is 0 Å². The number of rotatable bonds is 7. The molecule has 0 bridgehead atoms. The van der Waals surface area contributed by atoms with Gasteiger partial charge in [-0.25, -0.2) is 0 Å². The van der Waals surface area contributed by atoms with E-state index in [0.29, 0.717) is 16.5 Å². The molecule has 0 saturated carbocycles. The highest BCUT2D eigenvalue weighted by atomic mass is 32.2. The number of thioether (sulfide) groups is 1. The molecule has 1 aromatic heterocycles. The number of aromatic nitrogens is 3. The van der Waals surface area contributed by atoms with Gasteiger partial charge in [-0.05, 0) is 42.0 Å². The molecule has 1 heterocycles. The zero-order valence-corrected chi connectivity index (χ0v) is 16.1. The molecule has 1 amide bonds. The van der Waals surface area contributed by atoms with Crippen molar-refractivity contribution in [2.24, 2.45) is 0 Å². The SMILES string of the molecule is COc1ccc(-n2cnnc2SCC(=O)NCc2cccc(C(F)(F)F)c2)cc1. The van der Waals surface area contributed by atoms with Gasteiger partial charge in [-0.1, -0.05) is 23.9 Å². The number of methoxy groups -OCH3 is 1. The summed E-state index contributed by atoms with van der Waals surface area (Å²) in [7, 11) is 1.58. The van der Waals surface area contributed by atoms with Crippen molar-refractivity contribution in [1.29, 1.82) is 0 Å². The summed E-state index contributed by atoms with van der Waals surface area (Å²) in [6, 6.07) is 12.1. The van der Waals surface area contributed by atoms with E-state index in [1.165, 1.54) is 30.2 Å². The van der Waals surface area contributed by atoms with Crippen LogP contribution in [-0.4, -0.2) is 33.5 Å². The zero-order valence-electron chi connectivity index (χ0n) is 15.3. The fourth-order valence-corrected chi connectivity index (χ4v) is 3.24. The van der Waals surface area contributed by atoms with Gasteiger partial charge in [-0.3, -0.25) is 9.36 Å². The lowest BCUT2D eigenvalue weighted by Crippen LogP contribution is -2.25. The molecular weight excluding hydrogens is 405 g/mol. The predicted octanol–water partition coefficient (Wildman–Crippen LogP) is 3.70. The minimum atomic E-state index is -4.42. The Kier molecular flexibility index (Phi) is 6.42. The first-order chi connectivity index (χ1) is 13.9. The summed E-state index contributed by atoms with van der Waals surface area (Å²) in [5.74, 6) is 0.440. The third kappa shape index (κ3) is 5.50. The van der Waals surface area contributed by atoms with Crippen LogP contribution in [0.25, 0.3) is 5.69 Å².